The topological polar surface area (TPSA) is 45.9 Å². The van der Waals surface area contributed by atoms with Crippen LogP contribution in [0, 0.1) is 11.3 Å². The third-order valence-electron chi connectivity index (χ3n) is 1.49. The van der Waals surface area contributed by atoms with Crippen LogP contribution in [-0.2, 0) is 0 Å². The molecule has 0 bridgehead atoms. The Kier molecular flexibility index (Phi) is 3.52. The molecule has 0 fully saturated rings. The van der Waals surface area contributed by atoms with Gasteiger partial charge in [-0.15, -0.1) is 0 Å². The van der Waals surface area contributed by atoms with Crippen LogP contribution in [0.4, 0.5) is 0 Å². The van der Waals surface area contributed by atoms with Crippen molar-refractivity contribution in [2.75, 3.05) is 7.11 Å². The molecule has 0 spiro atoms. The van der Waals surface area contributed by atoms with E-state index in [1.807, 2.05) is 18.2 Å². The second-order valence-electron chi connectivity index (χ2n) is 2.42. The fourth-order valence-corrected chi connectivity index (χ4v) is 0.886. The van der Waals surface area contributed by atoms with E-state index in [9.17, 15) is 0 Å². The van der Waals surface area contributed by atoms with Crippen LogP contribution in [0.3, 0.4) is 0 Å². The summed E-state index contributed by atoms with van der Waals surface area (Å²) in [6.45, 7) is 0. The molecule has 0 radical (unpaired) electrons. The van der Waals surface area contributed by atoms with Gasteiger partial charge in [0.1, 0.15) is 5.75 Å². The molecule has 1 rings (SSSR count). The second-order valence-corrected chi connectivity index (χ2v) is 2.42. The van der Waals surface area contributed by atoms with Crippen LogP contribution in [0.5, 0.6) is 5.75 Å². The Balaban J connectivity index is 2.73. The number of methoxy groups -OCH3 is 1. The van der Waals surface area contributed by atoms with Gasteiger partial charge < -0.3 is 4.74 Å². The molecule has 13 heavy (non-hydrogen) atoms. The van der Waals surface area contributed by atoms with Gasteiger partial charge in [-0.25, -0.2) is 0 Å². The summed E-state index contributed by atoms with van der Waals surface area (Å²) in [6.07, 6.45) is 7.41. The zero-order valence-electron chi connectivity index (χ0n) is 7.40. The Bertz CT molecular complexity index is 339. The van der Waals surface area contributed by atoms with Crippen molar-refractivity contribution in [2.24, 2.45) is 0 Å². The first-order valence-corrected chi connectivity index (χ1v) is 3.89. The van der Waals surface area contributed by atoms with E-state index in [2.05, 4.69) is 4.98 Å². The Morgan fingerprint density at radius 2 is 2.46 bits per heavy atom. The van der Waals surface area contributed by atoms with Gasteiger partial charge in [-0.05, 0) is 11.6 Å². The van der Waals surface area contributed by atoms with Crippen molar-refractivity contribution in [2.45, 2.75) is 6.42 Å². The molecule has 0 saturated heterocycles. The number of hydrogen-bond donors (Lipinski definition) is 0. The minimum atomic E-state index is 0.414. The number of ether oxygens (including phenoxy) is 1. The summed E-state index contributed by atoms with van der Waals surface area (Å²) in [6, 6.07) is 3.89. The first kappa shape index (κ1) is 9.27. The molecule has 0 aliphatic heterocycles. The van der Waals surface area contributed by atoms with E-state index in [0.29, 0.717) is 6.42 Å². The highest BCUT2D eigenvalue weighted by molar-refractivity contribution is 5.50. The van der Waals surface area contributed by atoms with Crippen molar-refractivity contribution < 1.29 is 4.74 Å². The third kappa shape index (κ3) is 2.96. The zero-order valence-corrected chi connectivity index (χ0v) is 7.40. The smallest absolute Gasteiger partial charge is 0.137 e. The monoisotopic (exact) mass is 174 g/mol. The average molecular weight is 174 g/mol. The average Bonchev–Trinajstić information content (AvgIpc) is 2.19. The van der Waals surface area contributed by atoms with Crippen LogP contribution in [-0.4, -0.2) is 12.1 Å². The maximum absolute atomic E-state index is 8.30. The van der Waals surface area contributed by atoms with Gasteiger partial charge in [0.15, 0.2) is 0 Å². The zero-order chi connectivity index (χ0) is 9.52. The third-order valence-corrected chi connectivity index (χ3v) is 1.49. The molecule has 3 nitrogen and oxygen atoms in total. The Hall–Kier alpha value is -1.82. The molecule has 0 amide bonds. The molecule has 0 N–H and O–H groups in total. The van der Waals surface area contributed by atoms with Gasteiger partial charge in [0.2, 0.25) is 0 Å². The summed E-state index contributed by atoms with van der Waals surface area (Å²) in [5.74, 6) is 0.721. The van der Waals surface area contributed by atoms with Gasteiger partial charge in [0.05, 0.1) is 25.8 Å². The van der Waals surface area contributed by atoms with Crippen molar-refractivity contribution in [1.82, 2.24) is 4.98 Å². The molecule has 0 aliphatic carbocycles. The largest absolute Gasteiger partial charge is 0.495 e. The number of nitriles is 1. The fraction of sp³-hybridized carbons (Fsp3) is 0.200. The van der Waals surface area contributed by atoms with E-state index in [-0.39, 0.29) is 0 Å². The van der Waals surface area contributed by atoms with Crippen molar-refractivity contribution >= 4 is 6.08 Å². The maximum Gasteiger partial charge on any atom is 0.137 e. The highest BCUT2D eigenvalue weighted by atomic mass is 16.5. The van der Waals surface area contributed by atoms with Gasteiger partial charge in [-0.3, -0.25) is 4.98 Å². The van der Waals surface area contributed by atoms with Gasteiger partial charge in [-0.1, -0.05) is 12.2 Å². The van der Waals surface area contributed by atoms with Crippen LogP contribution in [0.2, 0.25) is 0 Å². The summed E-state index contributed by atoms with van der Waals surface area (Å²) in [4.78, 5) is 3.98. The molecule has 3 heteroatoms. The molecule has 66 valence electrons. The lowest BCUT2D eigenvalue weighted by Crippen LogP contribution is -1.84. The van der Waals surface area contributed by atoms with Crippen molar-refractivity contribution in [3.8, 4) is 11.8 Å². The normalized spacial score (nSPS) is 9.85. The first-order chi connectivity index (χ1) is 6.36. The SMILES string of the molecule is COc1cncc(C=CCC#N)c1. The van der Waals surface area contributed by atoms with Crippen molar-refractivity contribution in [1.29, 1.82) is 5.26 Å². The van der Waals surface area contributed by atoms with Crippen molar-refractivity contribution in [3.05, 3.63) is 30.1 Å². The molecular weight excluding hydrogens is 164 g/mol. The summed E-state index contributed by atoms with van der Waals surface area (Å²) >= 11 is 0. The number of aromatic nitrogens is 1. The molecule has 0 aliphatic rings. The van der Waals surface area contributed by atoms with Gasteiger partial charge in [0, 0.05) is 6.20 Å². The quantitative estimate of drug-likeness (QED) is 0.704. The molecule has 0 unspecified atom stereocenters. The standard InChI is InChI=1S/C10H10N2O/c1-13-10-6-9(7-12-8-10)4-2-3-5-11/h2,4,6-8H,3H2,1H3. The summed E-state index contributed by atoms with van der Waals surface area (Å²) in [5, 5.41) is 8.30. The van der Waals surface area contributed by atoms with Crippen LogP contribution in [0.25, 0.3) is 6.08 Å². The highest BCUT2D eigenvalue weighted by Gasteiger charge is 1.91. The number of hydrogen-bond acceptors (Lipinski definition) is 3. The van der Waals surface area contributed by atoms with E-state index in [1.54, 1.807) is 25.6 Å². The fourth-order valence-electron chi connectivity index (χ4n) is 0.886. The second kappa shape index (κ2) is 4.94. The predicted molar refractivity (Wildman–Crippen MR) is 50.1 cm³/mol. The van der Waals surface area contributed by atoms with E-state index in [4.69, 9.17) is 10.00 Å². The van der Waals surface area contributed by atoms with Gasteiger partial charge >= 0.3 is 0 Å². The lowest BCUT2D eigenvalue weighted by Gasteiger charge is -1.98. The summed E-state index contributed by atoms with van der Waals surface area (Å²) < 4.78 is 5.00. The Morgan fingerprint density at radius 1 is 1.62 bits per heavy atom. The lowest BCUT2D eigenvalue weighted by molar-refractivity contribution is 0.413. The number of rotatable bonds is 3. The summed E-state index contributed by atoms with van der Waals surface area (Å²) in [7, 11) is 1.60. The van der Waals surface area contributed by atoms with Gasteiger partial charge in [0.25, 0.3) is 0 Å². The van der Waals surface area contributed by atoms with E-state index >= 15 is 0 Å². The van der Waals surface area contributed by atoms with E-state index in [0.717, 1.165) is 11.3 Å². The molecule has 1 heterocycles. The number of allylic oxidation sites excluding steroid dienone is 1. The number of pyridine rings is 1. The minimum absolute atomic E-state index is 0.414. The van der Waals surface area contributed by atoms with E-state index < -0.39 is 0 Å². The van der Waals surface area contributed by atoms with Crippen LogP contribution in [0.15, 0.2) is 24.5 Å². The molecule has 0 saturated carbocycles. The maximum atomic E-state index is 8.30. The number of nitrogens with zero attached hydrogens (tertiary/aromatic N) is 2. The van der Waals surface area contributed by atoms with Crippen LogP contribution >= 0.6 is 0 Å². The van der Waals surface area contributed by atoms with Crippen molar-refractivity contribution in [3.63, 3.8) is 0 Å². The molecule has 1 aromatic rings. The molecule has 1 aromatic heterocycles. The Morgan fingerprint density at radius 3 is 3.15 bits per heavy atom. The predicted octanol–water partition coefficient (Wildman–Crippen LogP) is 2.02. The molecule has 0 aromatic carbocycles. The minimum Gasteiger partial charge on any atom is -0.495 e. The lowest BCUT2D eigenvalue weighted by atomic mass is 10.2. The summed E-state index contributed by atoms with van der Waals surface area (Å²) in [5.41, 5.74) is 0.939. The highest BCUT2D eigenvalue weighted by Crippen LogP contribution is 2.11. The van der Waals surface area contributed by atoms with Gasteiger partial charge in [-0.2, -0.15) is 5.26 Å². The van der Waals surface area contributed by atoms with Crippen LogP contribution < -0.4 is 4.74 Å². The van der Waals surface area contributed by atoms with E-state index in [1.165, 1.54) is 0 Å². The molecular formula is C10H10N2O. The van der Waals surface area contributed by atoms with Crippen LogP contribution in [0.1, 0.15) is 12.0 Å². The first-order valence-electron chi connectivity index (χ1n) is 3.89. The molecule has 0 atom stereocenters. The Labute approximate surface area is 77.3 Å².